The predicted molar refractivity (Wildman–Crippen MR) is 71.5 cm³/mol. The van der Waals surface area contributed by atoms with Crippen LogP contribution in [-0.2, 0) is 4.79 Å². The first-order valence-corrected chi connectivity index (χ1v) is 6.03. The Hall–Kier alpha value is -0.990. The van der Waals surface area contributed by atoms with Gasteiger partial charge in [0, 0.05) is 0 Å². The Labute approximate surface area is 111 Å². The summed E-state index contributed by atoms with van der Waals surface area (Å²) in [6.07, 6.45) is 3.42. The van der Waals surface area contributed by atoms with Gasteiger partial charge in [-0.05, 0) is 23.6 Å². The lowest BCUT2D eigenvalue weighted by Gasteiger charge is -2.11. The first-order valence-electron chi connectivity index (χ1n) is 5.28. The second-order valence-electron chi connectivity index (χ2n) is 4.14. The number of carbonyl (C=O) groups is 1. The number of halogens is 2. The van der Waals surface area contributed by atoms with Crippen molar-refractivity contribution in [2.45, 2.75) is 13.8 Å². The first kappa shape index (κ1) is 14.1. The van der Waals surface area contributed by atoms with Crippen LogP contribution in [0.3, 0.4) is 0 Å². The molecule has 0 aliphatic carbocycles. The van der Waals surface area contributed by atoms with Crippen LogP contribution in [0.4, 0.5) is 0 Å². The molecule has 4 heteroatoms. The molecule has 1 atom stereocenters. The molecule has 1 aromatic carbocycles. The molecule has 0 aromatic heterocycles. The largest absolute Gasteiger partial charge is 0.481 e. The van der Waals surface area contributed by atoms with E-state index < -0.39 is 11.9 Å². The van der Waals surface area contributed by atoms with E-state index >= 15 is 0 Å². The fourth-order valence-corrected chi connectivity index (χ4v) is 1.73. The number of hydrogen-bond donors (Lipinski definition) is 1. The maximum absolute atomic E-state index is 11.0. The molecule has 2 nitrogen and oxygen atoms in total. The fraction of sp³-hybridized carbons (Fsp3) is 0.308. The average molecular weight is 273 g/mol. The number of hydrogen-bond acceptors (Lipinski definition) is 1. The number of aliphatic carboxylic acids is 1. The van der Waals surface area contributed by atoms with Crippen LogP contribution in [0, 0.1) is 11.8 Å². The highest BCUT2D eigenvalue weighted by Gasteiger charge is 2.17. The van der Waals surface area contributed by atoms with Crippen molar-refractivity contribution < 1.29 is 9.90 Å². The van der Waals surface area contributed by atoms with Gasteiger partial charge in [-0.1, -0.05) is 55.3 Å². The Kier molecular flexibility index (Phi) is 5.03. The molecule has 17 heavy (non-hydrogen) atoms. The highest BCUT2D eigenvalue weighted by Crippen LogP contribution is 2.24. The Balaban J connectivity index is 2.88. The maximum atomic E-state index is 11.0. The van der Waals surface area contributed by atoms with E-state index in [-0.39, 0.29) is 5.92 Å². The number of carboxylic acid groups (broad SMARTS) is 1. The molecule has 0 saturated heterocycles. The van der Waals surface area contributed by atoms with Gasteiger partial charge in [0.15, 0.2) is 0 Å². The van der Waals surface area contributed by atoms with E-state index in [2.05, 4.69) is 0 Å². The molecule has 0 bridgehead atoms. The number of benzene rings is 1. The minimum atomic E-state index is -0.823. The SMILES string of the molecule is CC(C)C(/C=C/c1ccc(Cl)c(Cl)c1)C(=O)O. The Morgan fingerprint density at radius 1 is 1.29 bits per heavy atom. The molecule has 0 aliphatic heterocycles. The molecule has 0 saturated carbocycles. The second-order valence-corrected chi connectivity index (χ2v) is 4.96. The molecule has 0 radical (unpaired) electrons. The van der Waals surface area contributed by atoms with E-state index in [1.54, 1.807) is 30.4 Å². The van der Waals surface area contributed by atoms with Gasteiger partial charge in [-0.2, -0.15) is 0 Å². The van der Waals surface area contributed by atoms with Gasteiger partial charge in [0.05, 0.1) is 16.0 Å². The Morgan fingerprint density at radius 2 is 1.94 bits per heavy atom. The summed E-state index contributed by atoms with van der Waals surface area (Å²) in [7, 11) is 0. The van der Waals surface area contributed by atoms with E-state index in [9.17, 15) is 4.79 Å². The lowest BCUT2D eigenvalue weighted by Crippen LogP contribution is -2.16. The van der Waals surface area contributed by atoms with Crippen molar-refractivity contribution in [3.63, 3.8) is 0 Å². The van der Waals surface area contributed by atoms with Gasteiger partial charge in [0.25, 0.3) is 0 Å². The van der Waals surface area contributed by atoms with E-state index in [1.807, 2.05) is 13.8 Å². The third-order valence-corrected chi connectivity index (χ3v) is 3.18. The lowest BCUT2D eigenvalue weighted by molar-refractivity contribution is -0.141. The van der Waals surface area contributed by atoms with Crippen molar-refractivity contribution >= 4 is 35.2 Å². The molecule has 1 N–H and O–H groups in total. The molecule has 0 spiro atoms. The van der Waals surface area contributed by atoms with Crippen LogP contribution in [0.1, 0.15) is 19.4 Å². The number of carboxylic acids is 1. The molecular formula is C13H14Cl2O2. The summed E-state index contributed by atoms with van der Waals surface area (Å²) in [5.74, 6) is -1.27. The zero-order chi connectivity index (χ0) is 13.0. The van der Waals surface area contributed by atoms with Gasteiger partial charge in [-0.3, -0.25) is 4.79 Å². The normalized spacial score (nSPS) is 13.2. The minimum absolute atomic E-state index is 0.0477. The third kappa shape index (κ3) is 4.06. The van der Waals surface area contributed by atoms with Crippen molar-refractivity contribution in [1.29, 1.82) is 0 Å². The third-order valence-electron chi connectivity index (χ3n) is 2.44. The zero-order valence-electron chi connectivity index (χ0n) is 9.65. The standard InChI is InChI=1S/C13H14Cl2O2/c1-8(2)10(13(16)17)5-3-9-4-6-11(14)12(15)7-9/h3-8,10H,1-2H3,(H,16,17)/b5-3+. The van der Waals surface area contributed by atoms with Gasteiger partial charge in [-0.25, -0.2) is 0 Å². The van der Waals surface area contributed by atoms with Crippen molar-refractivity contribution in [2.75, 3.05) is 0 Å². The molecule has 0 amide bonds. The van der Waals surface area contributed by atoms with Gasteiger partial charge in [-0.15, -0.1) is 0 Å². The zero-order valence-corrected chi connectivity index (χ0v) is 11.2. The summed E-state index contributed by atoms with van der Waals surface area (Å²) >= 11 is 11.7. The smallest absolute Gasteiger partial charge is 0.310 e. The lowest BCUT2D eigenvalue weighted by atomic mass is 9.95. The van der Waals surface area contributed by atoms with Crippen LogP contribution in [0.5, 0.6) is 0 Å². The van der Waals surface area contributed by atoms with Crippen LogP contribution in [0.2, 0.25) is 10.0 Å². The Bertz CT molecular complexity index is 439. The van der Waals surface area contributed by atoms with E-state index in [0.29, 0.717) is 10.0 Å². The summed E-state index contributed by atoms with van der Waals surface area (Å²) in [4.78, 5) is 11.0. The fourth-order valence-electron chi connectivity index (χ4n) is 1.42. The van der Waals surface area contributed by atoms with Gasteiger partial charge < -0.3 is 5.11 Å². The summed E-state index contributed by atoms with van der Waals surface area (Å²) in [6.45, 7) is 3.75. The Morgan fingerprint density at radius 3 is 2.41 bits per heavy atom. The van der Waals surface area contributed by atoms with Crippen LogP contribution < -0.4 is 0 Å². The molecule has 1 aromatic rings. The molecule has 1 unspecified atom stereocenters. The van der Waals surface area contributed by atoms with Crippen molar-refractivity contribution in [1.82, 2.24) is 0 Å². The first-order chi connectivity index (χ1) is 7.91. The molecule has 0 heterocycles. The summed E-state index contributed by atoms with van der Waals surface area (Å²) in [6, 6.07) is 5.19. The average Bonchev–Trinajstić information content (AvgIpc) is 2.22. The van der Waals surface area contributed by atoms with Crippen LogP contribution >= 0.6 is 23.2 Å². The van der Waals surface area contributed by atoms with Crippen molar-refractivity contribution in [2.24, 2.45) is 11.8 Å². The van der Waals surface area contributed by atoms with E-state index in [4.69, 9.17) is 28.3 Å². The van der Waals surface area contributed by atoms with Crippen molar-refractivity contribution in [3.8, 4) is 0 Å². The molecular weight excluding hydrogens is 259 g/mol. The van der Waals surface area contributed by atoms with Crippen LogP contribution in [-0.4, -0.2) is 11.1 Å². The molecule has 1 rings (SSSR count). The number of rotatable bonds is 4. The molecule has 0 fully saturated rings. The monoisotopic (exact) mass is 272 g/mol. The quantitative estimate of drug-likeness (QED) is 0.884. The maximum Gasteiger partial charge on any atom is 0.310 e. The predicted octanol–water partition coefficient (Wildman–Crippen LogP) is 4.36. The summed E-state index contributed by atoms with van der Waals surface area (Å²) in [5, 5.41) is 9.97. The van der Waals surface area contributed by atoms with Gasteiger partial charge >= 0.3 is 5.97 Å². The van der Waals surface area contributed by atoms with Crippen molar-refractivity contribution in [3.05, 3.63) is 39.9 Å². The van der Waals surface area contributed by atoms with Crippen LogP contribution in [0.25, 0.3) is 6.08 Å². The van der Waals surface area contributed by atoms with Crippen LogP contribution in [0.15, 0.2) is 24.3 Å². The highest BCUT2D eigenvalue weighted by molar-refractivity contribution is 6.42. The minimum Gasteiger partial charge on any atom is -0.481 e. The molecule has 0 aliphatic rings. The highest BCUT2D eigenvalue weighted by atomic mass is 35.5. The second kappa shape index (κ2) is 6.08. The van der Waals surface area contributed by atoms with E-state index in [0.717, 1.165) is 5.56 Å². The summed E-state index contributed by atoms with van der Waals surface area (Å²) < 4.78 is 0. The van der Waals surface area contributed by atoms with Gasteiger partial charge in [0.1, 0.15) is 0 Å². The summed E-state index contributed by atoms with van der Waals surface area (Å²) in [5.41, 5.74) is 0.839. The topological polar surface area (TPSA) is 37.3 Å². The molecule has 92 valence electrons. The van der Waals surface area contributed by atoms with Gasteiger partial charge in [0.2, 0.25) is 0 Å². The van der Waals surface area contributed by atoms with E-state index in [1.165, 1.54) is 0 Å².